The molecule has 2 nitrogen and oxygen atoms in total. The standard InChI is InChI=1S/C46H29NO/c1-4-14-37-30(10-1)13-9-18-39(37)32-22-24-35(25-23-32)47(36-26-27-40-34(28-36)21-20-31-11-2-5-15-38(31)40)43-29-33-12-3-6-16-41(33)46-45(43)42-17-7-8-19-44(42)48-46/h1-29H. The van der Waals surface area contributed by atoms with E-state index in [9.17, 15) is 0 Å². The summed E-state index contributed by atoms with van der Waals surface area (Å²) in [5.74, 6) is 0. The summed E-state index contributed by atoms with van der Waals surface area (Å²) in [5, 5.41) is 12.0. The maximum atomic E-state index is 6.64. The summed E-state index contributed by atoms with van der Waals surface area (Å²) in [6.45, 7) is 0. The third kappa shape index (κ3) is 4.13. The van der Waals surface area contributed by atoms with Crippen molar-refractivity contribution < 1.29 is 4.42 Å². The van der Waals surface area contributed by atoms with Crippen molar-refractivity contribution in [1.82, 2.24) is 0 Å². The van der Waals surface area contributed by atoms with Crippen LogP contribution in [0.25, 0.3) is 76.2 Å². The molecule has 0 aliphatic heterocycles. The molecule has 0 atom stereocenters. The van der Waals surface area contributed by atoms with E-state index < -0.39 is 0 Å². The van der Waals surface area contributed by atoms with Gasteiger partial charge in [0.15, 0.2) is 0 Å². The molecule has 0 amide bonds. The minimum atomic E-state index is 0.890. The van der Waals surface area contributed by atoms with Gasteiger partial charge in [-0.2, -0.15) is 0 Å². The zero-order chi connectivity index (χ0) is 31.6. The molecular weight excluding hydrogens is 583 g/mol. The summed E-state index contributed by atoms with van der Waals surface area (Å²) in [4.78, 5) is 2.40. The van der Waals surface area contributed by atoms with Crippen LogP contribution < -0.4 is 4.90 Å². The molecule has 0 aliphatic rings. The van der Waals surface area contributed by atoms with Gasteiger partial charge in [0.05, 0.1) is 11.1 Å². The number of anilines is 3. The van der Waals surface area contributed by atoms with Crippen molar-refractivity contribution in [1.29, 1.82) is 0 Å². The van der Waals surface area contributed by atoms with Crippen LogP contribution in [0.1, 0.15) is 0 Å². The monoisotopic (exact) mass is 611 g/mol. The second kappa shape index (κ2) is 10.6. The van der Waals surface area contributed by atoms with Crippen LogP contribution in [0, 0.1) is 0 Å². The van der Waals surface area contributed by atoms with Gasteiger partial charge in [-0.25, -0.2) is 0 Å². The summed E-state index contributed by atoms with van der Waals surface area (Å²) in [6, 6.07) is 63.3. The lowest BCUT2D eigenvalue weighted by atomic mass is 9.97. The van der Waals surface area contributed by atoms with Crippen LogP contribution in [0.5, 0.6) is 0 Å². The van der Waals surface area contributed by atoms with E-state index in [0.29, 0.717) is 0 Å². The second-order valence-corrected chi connectivity index (χ2v) is 12.5. The Labute approximate surface area is 277 Å². The SMILES string of the molecule is c1ccc2c(-c3ccc(N(c4ccc5c(ccc6ccccc65)c4)c4cc5ccccc5c5oc6ccccc6c45)cc3)cccc2c1. The van der Waals surface area contributed by atoms with E-state index in [1.54, 1.807) is 0 Å². The van der Waals surface area contributed by atoms with Gasteiger partial charge in [0.2, 0.25) is 0 Å². The van der Waals surface area contributed by atoms with Gasteiger partial charge in [0.1, 0.15) is 11.2 Å². The Balaban J connectivity index is 1.24. The van der Waals surface area contributed by atoms with Crippen LogP contribution in [-0.4, -0.2) is 0 Å². The van der Waals surface area contributed by atoms with Crippen molar-refractivity contribution in [2.45, 2.75) is 0 Å². The molecule has 2 heteroatoms. The lowest BCUT2D eigenvalue weighted by Gasteiger charge is -2.27. The Morgan fingerprint density at radius 1 is 0.375 bits per heavy atom. The normalized spacial score (nSPS) is 11.8. The van der Waals surface area contributed by atoms with E-state index in [1.807, 2.05) is 6.07 Å². The van der Waals surface area contributed by atoms with E-state index in [-0.39, 0.29) is 0 Å². The highest BCUT2D eigenvalue weighted by Gasteiger charge is 2.22. The molecular formula is C46H29NO. The van der Waals surface area contributed by atoms with Gasteiger partial charge in [-0.15, -0.1) is 0 Å². The average Bonchev–Trinajstić information content (AvgIpc) is 3.55. The Morgan fingerprint density at radius 3 is 1.79 bits per heavy atom. The summed E-state index contributed by atoms with van der Waals surface area (Å²) in [7, 11) is 0. The van der Waals surface area contributed by atoms with Crippen LogP contribution in [0.2, 0.25) is 0 Å². The second-order valence-electron chi connectivity index (χ2n) is 12.5. The number of benzene rings is 9. The molecule has 0 radical (unpaired) electrons. The van der Waals surface area contributed by atoms with Crippen LogP contribution in [0.3, 0.4) is 0 Å². The summed E-state index contributed by atoms with van der Waals surface area (Å²) >= 11 is 0. The number of para-hydroxylation sites is 1. The maximum absolute atomic E-state index is 6.64. The van der Waals surface area contributed by atoms with Crippen molar-refractivity contribution >= 4 is 82.1 Å². The van der Waals surface area contributed by atoms with E-state index in [4.69, 9.17) is 4.42 Å². The smallest absolute Gasteiger partial charge is 0.145 e. The van der Waals surface area contributed by atoms with Crippen LogP contribution >= 0.6 is 0 Å². The first-order valence-electron chi connectivity index (χ1n) is 16.4. The maximum Gasteiger partial charge on any atom is 0.145 e. The number of furan rings is 1. The lowest BCUT2D eigenvalue weighted by molar-refractivity contribution is 0.672. The molecule has 0 saturated heterocycles. The third-order valence-electron chi connectivity index (χ3n) is 9.80. The fourth-order valence-electron chi connectivity index (χ4n) is 7.55. The van der Waals surface area contributed by atoms with Crippen molar-refractivity contribution in [3.63, 3.8) is 0 Å². The largest absolute Gasteiger partial charge is 0.455 e. The van der Waals surface area contributed by atoms with Crippen LogP contribution in [-0.2, 0) is 0 Å². The molecule has 0 N–H and O–H groups in total. The fraction of sp³-hybridized carbons (Fsp3) is 0. The molecule has 1 heterocycles. The molecule has 10 rings (SSSR count). The number of nitrogens with zero attached hydrogens (tertiary/aromatic N) is 1. The highest BCUT2D eigenvalue weighted by atomic mass is 16.3. The molecule has 48 heavy (non-hydrogen) atoms. The van der Waals surface area contributed by atoms with Crippen molar-refractivity contribution in [2.24, 2.45) is 0 Å². The molecule has 9 aromatic carbocycles. The molecule has 1 aromatic heterocycles. The predicted octanol–water partition coefficient (Wildman–Crippen LogP) is 13.3. The van der Waals surface area contributed by atoms with Crippen molar-refractivity contribution in [3.05, 3.63) is 176 Å². The average molecular weight is 612 g/mol. The first kappa shape index (κ1) is 26.8. The fourth-order valence-corrected chi connectivity index (χ4v) is 7.55. The Hall–Kier alpha value is -6.38. The number of rotatable bonds is 4. The predicted molar refractivity (Wildman–Crippen MR) is 204 cm³/mol. The van der Waals surface area contributed by atoms with Gasteiger partial charge in [-0.3, -0.25) is 0 Å². The van der Waals surface area contributed by atoms with Crippen LogP contribution in [0.15, 0.2) is 180 Å². The third-order valence-corrected chi connectivity index (χ3v) is 9.80. The highest BCUT2D eigenvalue weighted by Crippen LogP contribution is 2.47. The zero-order valence-corrected chi connectivity index (χ0v) is 26.1. The first-order valence-corrected chi connectivity index (χ1v) is 16.4. The van der Waals surface area contributed by atoms with Gasteiger partial charge >= 0.3 is 0 Å². The minimum absolute atomic E-state index is 0.890. The van der Waals surface area contributed by atoms with Crippen molar-refractivity contribution in [3.8, 4) is 11.1 Å². The number of fused-ring (bicyclic) bond motifs is 9. The van der Waals surface area contributed by atoms with Gasteiger partial charge in [0.25, 0.3) is 0 Å². The lowest BCUT2D eigenvalue weighted by Crippen LogP contribution is -2.10. The number of hydrogen-bond acceptors (Lipinski definition) is 2. The zero-order valence-electron chi connectivity index (χ0n) is 26.1. The van der Waals surface area contributed by atoms with E-state index in [0.717, 1.165) is 49.8 Å². The summed E-state index contributed by atoms with van der Waals surface area (Å²) < 4.78 is 6.64. The van der Waals surface area contributed by atoms with Gasteiger partial charge < -0.3 is 9.32 Å². The van der Waals surface area contributed by atoms with Gasteiger partial charge in [-0.1, -0.05) is 140 Å². The topological polar surface area (TPSA) is 16.4 Å². The Kier molecular flexibility index (Phi) is 5.91. The van der Waals surface area contributed by atoms with E-state index in [2.05, 4.69) is 175 Å². The van der Waals surface area contributed by atoms with Crippen molar-refractivity contribution in [2.75, 3.05) is 4.90 Å². The Morgan fingerprint density at radius 2 is 0.958 bits per heavy atom. The molecule has 10 aromatic rings. The molecule has 0 unspecified atom stereocenters. The van der Waals surface area contributed by atoms with E-state index in [1.165, 1.54) is 43.4 Å². The molecule has 0 fully saturated rings. The molecule has 224 valence electrons. The molecule has 0 spiro atoms. The summed E-state index contributed by atoms with van der Waals surface area (Å²) in [6.07, 6.45) is 0. The van der Waals surface area contributed by atoms with Gasteiger partial charge in [-0.05, 0) is 85.2 Å². The molecule has 0 aliphatic carbocycles. The summed E-state index contributed by atoms with van der Waals surface area (Å²) in [5.41, 5.74) is 7.50. The van der Waals surface area contributed by atoms with Crippen LogP contribution in [0.4, 0.5) is 17.1 Å². The quantitative estimate of drug-likeness (QED) is 0.184. The first-order chi connectivity index (χ1) is 23.8. The highest BCUT2D eigenvalue weighted by molar-refractivity contribution is 6.22. The molecule has 0 saturated carbocycles. The van der Waals surface area contributed by atoms with Gasteiger partial charge in [0, 0.05) is 22.1 Å². The number of hydrogen-bond donors (Lipinski definition) is 0. The molecule has 0 bridgehead atoms. The minimum Gasteiger partial charge on any atom is -0.455 e. The Bertz CT molecular complexity index is 2840. The van der Waals surface area contributed by atoms with E-state index >= 15 is 0 Å².